The number of benzene rings is 1. The number of ether oxygens (including phenoxy) is 1. The van der Waals surface area contributed by atoms with E-state index in [1.165, 1.54) is 0 Å². The molecule has 0 unspecified atom stereocenters. The zero-order valence-corrected chi connectivity index (χ0v) is 11.5. The van der Waals surface area contributed by atoms with Crippen LogP contribution in [0.15, 0.2) is 24.3 Å². The number of carbonyl (C=O) groups is 1. The molecule has 0 heterocycles. The molecule has 0 saturated heterocycles. The van der Waals surface area contributed by atoms with Crippen molar-refractivity contribution in [2.75, 3.05) is 7.11 Å². The van der Waals surface area contributed by atoms with E-state index in [1.807, 2.05) is 45.0 Å². The Morgan fingerprint density at radius 2 is 1.94 bits per heavy atom. The van der Waals surface area contributed by atoms with E-state index in [9.17, 15) is 4.79 Å². The number of amides is 1. The topological polar surface area (TPSA) is 64.3 Å². The number of methoxy groups -OCH3 is 1. The van der Waals surface area contributed by atoms with Crippen molar-refractivity contribution in [1.82, 2.24) is 5.32 Å². The summed E-state index contributed by atoms with van der Waals surface area (Å²) >= 11 is 0. The predicted octanol–water partition coefficient (Wildman–Crippen LogP) is 2.00. The van der Waals surface area contributed by atoms with Gasteiger partial charge in [-0.15, -0.1) is 0 Å². The van der Waals surface area contributed by atoms with Gasteiger partial charge in [-0.25, -0.2) is 0 Å². The Morgan fingerprint density at radius 1 is 1.39 bits per heavy atom. The maximum absolute atomic E-state index is 11.7. The second kappa shape index (κ2) is 5.87. The van der Waals surface area contributed by atoms with Gasteiger partial charge in [0.05, 0.1) is 13.2 Å². The van der Waals surface area contributed by atoms with Crippen LogP contribution in [0.25, 0.3) is 0 Å². The number of carbonyl (C=O) groups excluding carboxylic acids is 1. The molecule has 4 nitrogen and oxygen atoms in total. The van der Waals surface area contributed by atoms with E-state index in [2.05, 4.69) is 5.32 Å². The molecule has 1 aromatic carbocycles. The van der Waals surface area contributed by atoms with Crippen LogP contribution in [-0.2, 0) is 4.79 Å². The van der Waals surface area contributed by atoms with Gasteiger partial charge in [0.25, 0.3) is 0 Å². The Hall–Kier alpha value is -1.55. The molecule has 18 heavy (non-hydrogen) atoms. The first-order valence-corrected chi connectivity index (χ1v) is 6.04. The molecule has 0 aliphatic carbocycles. The quantitative estimate of drug-likeness (QED) is 0.840. The summed E-state index contributed by atoms with van der Waals surface area (Å²) in [7, 11) is 1.63. The van der Waals surface area contributed by atoms with E-state index in [0.29, 0.717) is 6.42 Å². The molecule has 0 aliphatic heterocycles. The monoisotopic (exact) mass is 250 g/mol. The summed E-state index contributed by atoms with van der Waals surface area (Å²) in [6.07, 6.45) is 0.313. The van der Waals surface area contributed by atoms with E-state index in [1.54, 1.807) is 7.11 Å². The van der Waals surface area contributed by atoms with Crippen molar-refractivity contribution in [1.29, 1.82) is 0 Å². The normalized spacial score (nSPS) is 12.9. The largest absolute Gasteiger partial charge is 0.497 e. The van der Waals surface area contributed by atoms with Crippen molar-refractivity contribution in [3.05, 3.63) is 29.8 Å². The number of hydrogen-bond acceptors (Lipinski definition) is 3. The maximum atomic E-state index is 11.7. The fourth-order valence-electron chi connectivity index (χ4n) is 1.68. The Labute approximate surface area is 109 Å². The molecule has 0 bridgehead atoms. The van der Waals surface area contributed by atoms with Gasteiger partial charge in [0.15, 0.2) is 0 Å². The minimum Gasteiger partial charge on any atom is -0.497 e. The zero-order chi connectivity index (χ0) is 13.8. The summed E-state index contributed by atoms with van der Waals surface area (Å²) < 4.78 is 5.09. The smallest absolute Gasteiger partial charge is 0.222 e. The van der Waals surface area contributed by atoms with E-state index in [4.69, 9.17) is 10.5 Å². The van der Waals surface area contributed by atoms with Crippen LogP contribution in [0.1, 0.15) is 38.8 Å². The SMILES string of the molecule is COc1ccc([C@H](C)NC(=O)CC(C)(C)N)cc1. The lowest BCUT2D eigenvalue weighted by atomic mass is 10.0. The Morgan fingerprint density at radius 3 is 2.39 bits per heavy atom. The Bertz CT molecular complexity index is 393. The molecule has 1 rings (SSSR count). The van der Waals surface area contributed by atoms with E-state index in [-0.39, 0.29) is 11.9 Å². The molecule has 0 spiro atoms. The molecule has 100 valence electrons. The van der Waals surface area contributed by atoms with Crippen LogP contribution in [0.4, 0.5) is 0 Å². The van der Waals surface area contributed by atoms with Gasteiger partial charge in [-0.05, 0) is 38.5 Å². The molecule has 1 amide bonds. The molecule has 4 heteroatoms. The molecule has 0 saturated carbocycles. The van der Waals surface area contributed by atoms with Gasteiger partial charge in [-0.3, -0.25) is 4.79 Å². The maximum Gasteiger partial charge on any atom is 0.222 e. The van der Waals surface area contributed by atoms with Gasteiger partial charge in [-0.2, -0.15) is 0 Å². The van der Waals surface area contributed by atoms with E-state index >= 15 is 0 Å². The number of nitrogens with one attached hydrogen (secondary N) is 1. The number of nitrogens with two attached hydrogens (primary N) is 1. The zero-order valence-electron chi connectivity index (χ0n) is 11.5. The minimum atomic E-state index is -0.482. The lowest BCUT2D eigenvalue weighted by molar-refractivity contribution is -0.122. The van der Waals surface area contributed by atoms with Crippen LogP contribution in [0.5, 0.6) is 5.75 Å². The van der Waals surface area contributed by atoms with Gasteiger partial charge in [0.1, 0.15) is 5.75 Å². The lowest BCUT2D eigenvalue weighted by Crippen LogP contribution is -2.39. The molecule has 0 aliphatic rings. The molecule has 3 N–H and O–H groups in total. The van der Waals surface area contributed by atoms with Crippen molar-refractivity contribution in [3.63, 3.8) is 0 Å². The average Bonchev–Trinajstić information content (AvgIpc) is 2.26. The first-order valence-electron chi connectivity index (χ1n) is 6.04. The van der Waals surface area contributed by atoms with E-state index < -0.39 is 5.54 Å². The Balaban J connectivity index is 2.59. The average molecular weight is 250 g/mol. The summed E-state index contributed by atoms with van der Waals surface area (Å²) in [6.45, 7) is 5.62. The minimum absolute atomic E-state index is 0.0363. The molecule has 0 fully saturated rings. The van der Waals surface area contributed by atoms with Crippen molar-refractivity contribution in [3.8, 4) is 5.75 Å². The fraction of sp³-hybridized carbons (Fsp3) is 0.500. The summed E-state index contributed by atoms with van der Waals surface area (Å²) in [6, 6.07) is 7.61. The van der Waals surface area contributed by atoms with Gasteiger partial charge >= 0.3 is 0 Å². The summed E-state index contributed by atoms with van der Waals surface area (Å²) in [5.74, 6) is 0.770. The molecule has 1 aromatic rings. The second-order valence-electron chi connectivity index (χ2n) is 5.23. The van der Waals surface area contributed by atoms with Crippen molar-refractivity contribution < 1.29 is 9.53 Å². The third-order valence-electron chi connectivity index (χ3n) is 2.61. The highest BCUT2D eigenvalue weighted by atomic mass is 16.5. The summed E-state index contributed by atoms with van der Waals surface area (Å²) in [5, 5.41) is 2.93. The van der Waals surface area contributed by atoms with Crippen LogP contribution in [0, 0.1) is 0 Å². The van der Waals surface area contributed by atoms with Crippen LogP contribution >= 0.6 is 0 Å². The van der Waals surface area contributed by atoms with Gasteiger partial charge < -0.3 is 15.8 Å². The Kier molecular flexibility index (Phi) is 4.73. The van der Waals surface area contributed by atoms with Gasteiger partial charge in [0.2, 0.25) is 5.91 Å². The number of hydrogen-bond donors (Lipinski definition) is 2. The third kappa shape index (κ3) is 4.75. The lowest BCUT2D eigenvalue weighted by Gasteiger charge is -2.20. The van der Waals surface area contributed by atoms with Crippen LogP contribution in [-0.4, -0.2) is 18.6 Å². The predicted molar refractivity (Wildman–Crippen MR) is 72.4 cm³/mol. The van der Waals surface area contributed by atoms with Crippen molar-refractivity contribution in [2.24, 2.45) is 5.73 Å². The number of rotatable bonds is 5. The van der Waals surface area contributed by atoms with Crippen molar-refractivity contribution >= 4 is 5.91 Å². The highest BCUT2D eigenvalue weighted by Gasteiger charge is 2.18. The van der Waals surface area contributed by atoms with Gasteiger partial charge in [0, 0.05) is 12.0 Å². The third-order valence-corrected chi connectivity index (χ3v) is 2.61. The van der Waals surface area contributed by atoms with E-state index in [0.717, 1.165) is 11.3 Å². The van der Waals surface area contributed by atoms with Crippen molar-refractivity contribution in [2.45, 2.75) is 38.8 Å². The fourth-order valence-corrected chi connectivity index (χ4v) is 1.68. The summed E-state index contributed by atoms with van der Waals surface area (Å²) in [4.78, 5) is 11.7. The standard InChI is InChI=1S/C14H22N2O2/c1-10(16-13(17)9-14(2,3)15)11-5-7-12(18-4)8-6-11/h5-8,10H,9,15H2,1-4H3,(H,16,17)/t10-/m0/s1. The van der Waals surface area contributed by atoms with Crippen LogP contribution < -0.4 is 15.8 Å². The highest BCUT2D eigenvalue weighted by molar-refractivity contribution is 5.77. The first kappa shape index (κ1) is 14.5. The molecule has 1 atom stereocenters. The highest BCUT2D eigenvalue weighted by Crippen LogP contribution is 2.17. The molecular formula is C14H22N2O2. The second-order valence-corrected chi connectivity index (χ2v) is 5.23. The van der Waals surface area contributed by atoms with Gasteiger partial charge in [-0.1, -0.05) is 12.1 Å². The van der Waals surface area contributed by atoms with Crippen LogP contribution in [0.3, 0.4) is 0 Å². The van der Waals surface area contributed by atoms with Crippen LogP contribution in [0.2, 0.25) is 0 Å². The molecule has 0 aromatic heterocycles. The first-order chi connectivity index (χ1) is 8.31. The summed E-state index contributed by atoms with van der Waals surface area (Å²) in [5.41, 5.74) is 6.37. The molecule has 0 radical (unpaired) electrons. The molecular weight excluding hydrogens is 228 g/mol.